The first-order valence-electron chi connectivity index (χ1n) is 31.5. The number of allylic oxidation sites excluding steroid dienone is 12. The van der Waals surface area contributed by atoms with Gasteiger partial charge in [0.1, 0.15) is 54.9 Å². The molecule has 0 aliphatic carbocycles. The zero-order valence-electron chi connectivity index (χ0n) is 49.3. The normalized spacial score (nSPS) is 24.5. The molecule has 2 aliphatic rings. The number of esters is 1. The van der Waals surface area contributed by atoms with Gasteiger partial charge in [-0.1, -0.05) is 215 Å². The summed E-state index contributed by atoms with van der Waals surface area (Å²) >= 11 is 0. The van der Waals surface area contributed by atoms with Crippen molar-refractivity contribution in [1.82, 2.24) is 0 Å². The van der Waals surface area contributed by atoms with Gasteiger partial charge in [-0.25, -0.2) is 0 Å². The highest BCUT2D eigenvalue weighted by Gasteiger charge is 2.47. The lowest BCUT2D eigenvalue weighted by Crippen LogP contribution is -2.61. The molecule has 0 saturated carbocycles. The third-order valence-corrected chi connectivity index (χ3v) is 14.7. The molecule has 0 radical (unpaired) electrons. The zero-order chi connectivity index (χ0) is 57.2. The first kappa shape index (κ1) is 72.5. The number of carbonyl (C=O) groups is 1. The highest BCUT2D eigenvalue weighted by Crippen LogP contribution is 2.27. The van der Waals surface area contributed by atoms with E-state index in [-0.39, 0.29) is 25.6 Å². The fraction of sp³-hybridized carbons (Fsp3) is 0.800. The van der Waals surface area contributed by atoms with Gasteiger partial charge in [-0.15, -0.1) is 0 Å². The molecule has 0 spiro atoms. The molecule has 7 N–H and O–H groups in total. The van der Waals surface area contributed by atoms with Crippen molar-refractivity contribution in [3.05, 3.63) is 72.9 Å². The van der Waals surface area contributed by atoms with E-state index in [1.165, 1.54) is 128 Å². The molecule has 2 aliphatic heterocycles. The number of unbranched alkanes of at least 4 members (excludes halogenated alkanes) is 25. The Morgan fingerprint density at radius 1 is 0.430 bits per heavy atom. The van der Waals surface area contributed by atoms with E-state index in [1.54, 1.807) is 0 Å². The smallest absolute Gasteiger partial charge is 0.306 e. The molecule has 2 heterocycles. The first-order chi connectivity index (χ1) is 38.6. The minimum atomic E-state index is -1.71. The van der Waals surface area contributed by atoms with Gasteiger partial charge in [0.2, 0.25) is 0 Å². The molecule has 14 heteroatoms. The molecule has 14 nitrogen and oxygen atoms in total. The van der Waals surface area contributed by atoms with Crippen LogP contribution in [0.5, 0.6) is 0 Å². The number of aliphatic hydroxyl groups is 7. The molecule has 79 heavy (non-hydrogen) atoms. The van der Waals surface area contributed by atoms with Crippen molar-refractivity contribution in [2.45, 2.75) is 300 Å². The largest absolute Gasteiger partial charge is 0.457 e. The van der Waals surface area contributed by atoms with E-state index in [0.29, 0.717) is 13.0 Å². The van der Waals surface area contributed by atoms with Gasteiger partial charge in [-0.2, -0.15) is 0 Å². The number of hydrogen-bond acceptors (Lipinski definition) is 14. The number of aliphatic hydroxyl groups excluding tert-OH is 7. The standard InChI is InChI=1S/C65H114O14/c1-3-5-7-9-11-13-15-17-19-21-23-25-26-27-29-31-33-35-37-39-41-43-45-47-49-74-51-54(52-75-64-63(73)61(71)59(69)56(79-64)53-76-65-62(72)60(70)58(68)55(50-66)78-65)77-57(67)48-46-44-42-40-38-36-34-32-30-28-24-22-20-18-16-14-12-10-8-6-4-2/h5,7,11,13,17,19,22-25,27,29,54-56,58-66,68-73H,3-4,6,8-10,12,14-16,18,20-21,26,28,30-53H2,1-2H3/b7-5-,13-11-,19-17-,24-22-,25-23-,29-27-. The molecule has 2 rings (SSSR count). The average molecular weight is 1120 g/mol. The average Bonchev–Trinajstić information content (AvgIpc) is 3.46. The van der Waals surface area contributed by atoms with Crippen LogP contribution in [0.15, 0.2) is 72.9 Å². The van der Waals surface area contributed by atoms with E-state index in [2.05, 4.69) is 86.8 Å². The predicted octanol–water partition coefficient (Wildman–Crippen LogP) is 12.2. The van der Waals surface area contributed by atoms with Crippen molar-refractivity contribution in [2.24, 2.45) is 0 Å². The fourth-order valence-electron chi connectivity index (χ4n) is 9.66. The van der Waals surface area contributed by atoms with E-state index < -0.39 is 80.7 Å². The summed E-state index contributed by atoms with van der Waals surface area (Å²) in [6.07, 6.45) is 49.6. The first-order valence-corrected chi connectivity index (χ1v) is 31.5. The molecule has 458 valence electrons. The minimum absolute atomic E-state index is 0.0524. The van der Waals surface area contributed by atoms with E-state index in [1.807, 2.05) is 0 Å². The Kier molecular flexibility index (Phi) is 46.9. The molecule has 0 amide bonds. The number of carbonyl (C=O) groups excluding carboxylic acids is 1. The minimum Gasteiger partial charge on any atom is -0.457 e. The van der Waals surface area contributed by atoms with Crippen LogP contribution in [0.4, 0.5) is 0 Å². The van der Waals surface area contributed by atoms with Gasteiger partial charge in [-0.05, 0) is 83.5 Å². The number of hydrogen-bond donors (Lipinski definition) is 7. The van der Waals surface area contributed by atoms with Crippen LogP contribution < -0.4 is 0 Å². The highest BCUT2D eigenvalue weighted by molar-refractivity contribution is 5.69. The van der Waals surface area contributed by atoms with Crippen LogP contribution in [-0.4, -0.2) is 142 Å². The van der Waals surface area contributed by atoms with Crippen LogP contribution in [-0.2, 0) is 33.2 Å². The van der Waals surface area contributed by atoms with E-state index in [0.717, 1.165) is 77.0 Å². The Hall–Kier alpha value is -2.57. The summed E-state index contributed by atoms with van der Waals surface area (Å²) in [5.41, 5.74) is 0. The van der Waals surface area contributed by atoms with E-state index in [9.17, 15) is 40.5 Å². The summed E-state index contributed by atoms with van der Waals surface area (Å²) < 4.78 is 34.5. The van der Waals surface area contributed by atoms with Gasteiger partial charge in [0.15, 0.2) is 12.6 Å². The van der Waals surface area contributed by atoms with Crippen molar-refractivity contribution in [1.29, 1.82) is 0 Å². The second-order valence-corrected chi connectivity index (χ2v) is 21.8. The van der Waals surface area contributed by atoms with Gasteiger partial charge >= 0.3 is 5.97 Å². The van der Waals surface area contributed by atoms with Crippen LogP contribution in [0.2, 0.25) is 0 Å². The summed E-state index contributed by atoms with van der Waals surface area (Å²) in [5.74, 6) is -0.381. The molecule has 11 unspecified atom stereocenters. The Morgan fingerprint density at radius 2 is 0.823 bits per heavy atom. The van der Waals surface area contributed by atoms with Gasteiger partial charge in [-0.3, -0.25) is 4.79 Å². The topological polar surface area (TPSA) is 214 Å². The lowest BCUT2D eigenvalue weighted by Gasteiger charge is -2.42. The van der Waals surface area contributed by atoms with Crippen LogP contribution in [0.25, 0.3) is 0 Å². The van der Waals surface area contributed by atoms with Gasteiger partial charge < -0.3 is 64.2 Å². The lowest BCUT2D eigenvalue weighted by molar-refractivity contribution is -0.332. The maximum Gasteiger partial charge on any atom is 0.306 e. The summed E-state index contributed by atoms with van der Waals surface area (Å²) in [6.45, 7) is 3.57. The van der Waals surface area contributed by atoms with Gasteiger partial charge in [0, 0.05) is 13.0 Å². The van der Waals surface area contributed by atoms with Crippen molar-refractivity contribution in [3.63, 3.8) is 0 Å². The van der Waals surface area contributed by atoms with Crippen LogP contribution >= 0.6 is 0 Å². The molecule has 0 aromatic heterocycles. The Bertz CT molecular complexity index is 1580. The molecule has 11 atom stereocenters. The molecule has 2 fully saturated rings. The zero-order valence-corrected chi connectivity index (χ0v) is 49.3. The lowest BCUT2D eigenvalue weighted by atomic mass is 9.98. The van der Waals surface area contributed by atoms with Crippen molar-refractivity contribution in [3.8, 4) is 0 Å². The number of rotatable bonds is 51. The number of ether oxygens (including phenoxy) is 6. The summed E-state index contributed by atoms with van der Waals surface area (Å²) in [4.78, 5) is 13.1. The molecular weight excluding hydrogens is 1000 g/mol. The van der Waals surface area contributed by atoms with Crippen LogP contribution in [0.3, 0.4) is 0 Å². The molecule has 2 saturated heterocycles. The summed E-state index contributed by atoms with van der Waals surface area (Å²) in [6, 6.07) is 0. The maximum atomic E-state index is 13.1. The van der Waals surface area contributed by atoms with Crippen LogP contribution in [0, 0.1) is 0 Å². The second-order valence-electron chi connectivity index (χ2n) is 21.8. The highest BCUT2D eigenvalue weighted by atomic mass is 16.7. The molecule has 0 aromatic rings. The fourth-order valence-corrected chi connectivity index (χ4v) is 9.66. The molecule has 0 aromatic carbocycles. The van der Waals surface area contributed by atoms with Crippen molar-refractivity contribution in [2.75, 3.05) is 33.0 Å². The van der Waals surface area contributed by atoms with Crippen LogP contribution in [0.1, 0.15) is 232 Å². The molecule has 0 bridgehead atoms. The van der Waals surface area contributed by atoms with Gasteiger partial charge in [0.05, 0.1) is 26.4 Å². The maximum absolute atomic E-state index is 13.1. The van der Waals surface area contributed by atoms with E-state index >= 15 is 0 Å². The quantitative estimate of drug-likeness (QED) is 0.0172. The van der Waals surface area contributed by atoms with Crippen molar-refractivity contribution >= 4 is 5.97 Å². The van der Waals surface area contributed by atoms with Crippen molar-refractivity contribution < 1.29 is 69.0 Å². The second kappa shape index (κ2) is 51.1. The predicted molar refractivity (Wildman–Crippen MR) is 316 cm³/mol. The Balaban J connectivity index is 1.69. The Morgan fingerprint density at radius 3 is 1.30 bits per heavy atom. The third kappa shape index (κ3) is 37.3. The van der Waals surface area contributed by atoms with E-state index in [4.69, 9.17) is 28.4 Å². The molecular formula is C65H114O14. The SMILES string of the molecule is CC/C=C\C/C=C\C/C=C\C/C=C\C/C=C\CCCCCCCCCCOCC(COC1OC(COC2OC(CO)C(O)C(O)C2O)C(O)C(O)C1O)OC(=O)CCCCCCCCCCC/C=C\CCCCCCCCCC. The third-order valence-electron chi connectivity index (χ3n) is 14.7. The Labute approximate surface area is 478 Å². The summed E-state index contributed by atoms with van der Waals surface area (Å²) in [7, 11) is 0. The monoisotopic (exact) mass is 1120 g/mol. The van der Waals surface area contributed by atoms with Gasteiger partial charge in [0.25, 0.3) is 0 Å². The summed E-state index contributed by atoms with van der Waals surface area (Å²) in [5, 5.41) is 72.5.